The summed E-state index contributed by atoms with van der Waals surface area (Å²) in [4.78, 5) is 14.4. The van der Waals surface area contributed by atoms with Gasteiger partial charge in [0, 0.05) is 31.7 Å². The van der Waals surface area contributed by atoms with Crippen LogP contribution in [0.4, 0.5) is 0 Å². The zero-order chi connectivity index (χ0) is 16.8. The van der Waals surface area contributed by atoms with Crippen molar-refractivity contribution in [3.63, 3.8) is 0 Å². The summed E-state index contributed by atoms with van der Waals surface area (Å²) in [6, 6.07) is 15.3. The number of carbonyl (C=O) groups excluding carboxylic acids is 1. The molecule has 0 saturated carbocycles. The van der Waals surface area contributed by atoms with Crippen molar-refractivity contribution in [2.75, 3.05) is 33.3 Å². The van der Waals surface area contributed by atoms with Crippen LogP contribution in [0.5, 0.6) is 11.5 Å². The molecule has 126 valence electrons. The van der Waals surface area contributed by atoms with Crippen molar-refractivity contribution >= 4 is 5.91 Å². The van der Waals surface area contributed by atoms with Crippen LogP contribution in [0.3, 0.4) is 0 Å². The van der Waals surface area contributed by atoms with Gasteiger partial charge in [-0.3, -0.25) is 4.79 Å². The predicted octanol–water partition coefficient (Wildman–Crippen LogP) is 2.32. The van der Waals surface area contributed by atoms with E-state index in [1.807, 2.05) is 35.2 Å². The summed E-state index contributed by atoms with van der Waals surface area (Å²) in [5, 5.41) is 3.25. The number of benzene rings is 2. The van der Waals surface area contributed by atoms with Crippen molar-refractivity contribution in [3.05, 3.63) is 59.7 Å². The fraction of sp³-hybridized carbons (Fsp3) is 0.316. The Morgan fingerprint density at radius 2 is 1.83 bits per heavy atom. The molecule has 24 heavy (non-hydrogen) atoms. The Morgan fingerprint density at radius 1 is 1.08 bits per heavy atom. The number of ether oxygens (including phenoxy) is 2. The van der Waals surface area contributed by atoms with Crippen LogP contribution in [0.2, 0.25) is 0 Å². The number of carbonyl (C=O) groups is 1. The van der Waals surface area contributed by atoms with Crippen molar-refractivity contribution in [3.8, 4) is 11.5 Å². The number of amides is 1. The highest BCUT2D eigenvalue weighted by atomic mass is 16.5. The summed E-state index contributed by atoms with van der Waals surface area (Å²) >= 11 is 0. The van der Waals surface area contributed by atoms with Crippen LogP contribution in [0.15, 0.2) is 48.5 Å². The molecule has 3 rings (SSSR count). The van der Waals surface area contributed by atoms with Crippen molar-refractivity contribution in [2.24, 2.45) is 0 Å². The van der Waals surface area contributed by atoms with Gasteiger partial charge in [0.05, 0.1) is 7.11 Å². The molecule has 2 aromatic rings. The number of hydrogen-bond acceptors (Lipinski definition) is 4. The summed E-state index contributed by atoms with van der Waals surface area (Å²) in [7, 11) is 1.59. The van der Waals surface area contributed by atoms with Crippen LogP contribution < -0.4 is 14.8 Å². The largest absolute Gasteiger partial charge is 0.493 e. The number of methoxy groups -OCH3 is 1. The fourth-order valence-electron chi connectivity index (χ4n) is 2.71. The number of rotatable bonds is 5. The zero-order valence-corrected chi connectivity index (χ0v) is 13.8. The predicted molar refractivity (Wildman–Crippen MR) is 92.5 cm³/mol. The van der Waals surface area contributed by atoms with E-state index >= 15 is 0 Å². The minimum absolute atomic E-state index is 0.0319. The molecule has 1 heterocycles. The lowest BCUT2D eigenvalue weighted by Crippen LogP contribution is -2.46. The lowest BCUT2D eigenvalue weighted by Gasteiger charge is -2.27. The third kappa shape index (κ3) is 3.86. The molecule has 0 bridgehead atoms. The third-order valence-electron chi connectivity index (χ3n) is 4.05. The molecule has 1 aliphatic heterocycles. The fourth-order valence-corrected chi connectivity index (χ4v) is 2.71. The number of nitrogens with one attached hydrogen (secondary N) is 1. The first-order valence-corrected chi connectivity index (χ1v) is 8.12. The molecular weight excluding hydrogens is 304 g/mol. The molecule has 1 amide bonds. The monoisotopic (exact) mass is 326 g/mol. The van der Waals surface area contributed by atoms with Crippen molar-refractivity contribution in [1.82, 2.24) is 10.2 Å². The molecule has 1 aliphatic rings. The van der Waals surface area contributed by atoms with Gasteiger partial charge in [-0.05, 0) is 23.8 Å². The third-order valence-corrected chi connectivity index (χ3v) is 4.05. The Hall–Kier alpha value is -2.53. The molecule has 0 atom stereocenters. The molecule has 5 nitrogen and oxygen atoms in total. The quantitative estimate of drug-likeness (QED) is 0.916. The first-order valence-electron chi connectivity index (χ1n) is 8.12. The standard InChI is InChI=1S/C19H22N2O3/c1-23-18-13-16(19(22)21-11-9-20-10-12-21)7-8-17(18)24-14-15-5-3-2-4-6-15/h2-8,13,20H,9-12,14H2,1H3. The van der Waals surface area contributed by atoms with Crippen LogP contribution in [-0.4, -0.2) is 44.1 Å². The van der Waals surface area contributed by atoms with E-state index in [2.05, 4.69) is 5.32 Å². The molecule has 5 heteroatoms. The average molecular weight is 326 g/mol. The van der Waals surface area contributed by atoms with Crippen LogP contribution in [0.25, 0.3) is 0 Å². The van der Waals surface area contributed by atoms with Crippen molar-refractivity contribution in [1.29, 1.82) is 0 Å². The van der Waals surface area contributed by atoms with Crippen LogP contribution in [0.1, 0.15) is 15.9 Å². The zero-order valence-electron chi connectivity index (χ0n) is 13.8. The first-order chi connectivity index (χ1) is 11.8. The van der Waals surface area contributed by atoms with E-state index in [1.54, 1.807) is 25.3 Å². The minimum Gasteiger partial charge on any atom is -0.493 e. The van der Waals surface area contributed by atoms with Gasteiger partial charge in [0.25, 0.3) is 5.91 Å². The van der Waals surface area contributed by atoms with Crippen molar-refractivity contribution in [2.45, 2.75) is 6.61 Å². The summed E-state index contributed by atoms with van der Waals surface area (Å²) in [6.45, 7) is 3.59. The Labute approximate surface area is 142 Å². The molecule has 1 saturated heterocycles. The van der Waals surface area contributed by atoms with Gasteiger partial charge in [0.15, 0.2) is 11.5 Å². The Balaban J connectivity index is 1.71. The first kappa shape index (κ1) is 16.3. The van der Waals surface area contributed by atoms with Gasteiger partial charge in [0.1, 0.15) is 6.61 Å². The van der Waals surface area contributed by atoms with Gasteiger partial charge in [-0.2, -0.15) is 0 Å². The van der Waals surface area contributed by atoms with Crippen LogP contribution >= 0.6 is 0 Å². The Kier molecular flexibility index (Phi) is 5.33. The van der Waals surface area contributed by atoms with E-state index in [1.165, 1.54) is 0 Å². The van der Waals surface area contributed by atoms with Crippen molar-refractivity contribution < 1.29 is 14.3 Å². The molecule has 0 aromatic heterocycles. The summed E-state index contributed by atoms with van der Waals surface area (Å²) < 4.78 is 11.2. The second-order valence-electron chi connectivity index (χ2n) is 5.68. The van der Waals surface area contributed by atoms with E-state index < -0.39 is 0 Å². The van der Waals surface area contributed by atoms with Gasteiger partial charge >= 0.3 is 0 Å². The van der Waals surface area contributed by atoms with Gasteiger partial charge < -0.3 is 19.7 Å². The SMILES string of the molecule is COc1cc(C(=O)N2CCNCC2)ccc1OCc1ccccc1. The number of piperazine rings is 1. The van der Waals surface area contributed by atoms with Crippen LogP contribution in [-0.2, 0) is 6.61 Å². The lowest BCUT2D eigenvalue weighted by molar-refractivity contribution is 0.0735. The molecule has 0 spiro atoms. The summed E-state index contributed by atoms with van der Waals surface area (Å²) in [5.41, 5.74) is 1.71. The van der Waals surface area contributed by atoms with E-state index in [0.29, 0.717) is 23.7 Å². The van der Waals surface area contributed by atoms with Gasteiger partial charge in [-0.1, -0.05) is 30.3 Å². The highest BCUT2D eigenvalue weighted by Gasteiger charge is 2.19. The lowest BCUT2D eigenvalue weighted by atomic mass is 10.1. The average Bonchev–Trinajstić information content (AvgIpc) is 2.67. The smallest absolute Gasteiger partial charge is 0.254 e. The van der Waals surface area contributed by atoms with E-state index in [9.17, 15) is 4.79 Å². The van der Waals surface area contributed by atoms with E-state index in [0.717, 1.165) is 31.7 Å². The maximum absolute atomic E-state index is 12.6. The van der Waals surface area contributed by atoms with Gasteiger partial charge in [0.2, 0.25) is 0 Å². The summed E-state index contributed by atoms with van der Waals surface area (Å²) in [6.07, 6.45) is 0. The molecule has 0 aliphatic carbocycles. The second-order valence-corrected chi connectivity index (χ2v) is 5.68. The maximum Gasteiger partial charge on any atom is 0.254 e. The molecule has 1 fully saturated rings. The Bertz CT molecular complexity index is 682. The second kappa shape index (κ2) is 7.84. The van der Waals surface area contributed by atoms with E-state index in [4.69, 9.17) is 9.47 Å². The maximum atomic E-state index is 12.6. The summed E-state index contributed by atoms with van der Waals surface area (Å²) in [5.74, 6) is 1.24. The minimum atomic E-state index is 0.0319. The number of nitrogens with zero attached hydrogens (tertiary/aromatic N) is 1. The highest BCUT2D eigenvalue weighted by Crippen LogP contribution is 2.29. The molecule has 1 N–H and O–H groups in total. The van der Waals surface area contributed by atoms with Gasteiger partial charge in [-0.15, -0.1) is 0 Å². The van der Waals surface area contributed by atoms with Crippen LogP contribution in [0, 0.1) is 0 Å². The Morgan fingerprint density at radius 3 is 2.54 bits per heavy atom. The molecule has 0 unspecified atom stereocenters. The highest BCUT2D eigenvalue weighted by molar-refractivity contribution is 5.95. The number of hydrogen-bond donors (Lipinski definition) is 1. The molecular formula is C19H22N2O3. The van der Waals surface area contributed by atoms with Gasteiger partial charge in [-0.25, -0.2) is 0 Å². The molecule has 2 aromatic carbocycles. The van der Waals surface area contributed by atoms with E-state index in [-0.39, 0.29) is 5.91 Å². The normalized spacial score (nSPS) is 14.3. The topological polar surface area (TPSA) is 50.8 Å². The molecule has 0 radical (unpaired) electrons.